The Kier molecular flexibility index (Phi) is 3.21. The van der Waals surface area contributed by atoms with Gasteiger partial charge in [-0.05, 0) is 24.6 Å². The lowest BCUT2D eigenvalue weighted by Crippen LogP contribution is -1.95. The zero-order valence-electron chi connectivity index (χ0n) is 8.11. The van der Waals surface area contributed by atoms with Crippen LogP contribution < -0.4 is 0 Å². The molecule has 3 nitrogen and oxygen atoms in total. The van der Waals surface area contributed by atoms with Crippen molar-refractivity contribution in [1.82, 2.24) is 15.0 Å². The van der Waals surface area contributed by atoms with Crippen LogP contribution in [-0.2, 0) is 5.33 Å². The smallest absolute Gasteiger partial charge is 0.0937 e. The average molecular weight is 331 g/mol. The van der Waals surface area contributed by atoms with Crippen LogP contribution in [0.15, 0.2) is 28.9 Å². The molecule has 0 bridgehead atoms. The van der Waals surface area contributed by atoms with Crippen LogP contribution in [0.5, 0.6) is 0 Å². The second kappa shape index (κ2) is 4.45. The SMILES string of the molecule is Cc1ccc(-n2cc(CBr)nn2)cc1Br. The van der Waals surface area contributed by atoms with Gasteiger partial charge in [-0.2, -0.15) is 0 Å². The summed E-state index contributed by atoms with van der Waals surface area (Å²) in [5.41, 5.74) is 3.14. The van der Waals surface area contributed by atoms with Gasteiger partial charge in [0.2, 0.25) is 0 Å². The first-order valence-electron chi connectivity index (χ1n) is 4.44. The number of aryl methyl sites for hydroxylation is 1. The third-order valence-electron chi connectivity index (χ3n) is 2.10. The van der Waals surface area contributed by atoms with Gasteiger partial charge in [0, 0.05) is 9.80 Å². The van der Waals surface area contributed by atoms with E-state index in [0.717, 1.165) is 21.2 Å². The number of hydrogen-bond donors (Lipinski definition) is 0. The van der Waals surface area contributed by atoms with E-state index < -0.39 is 0 Å². The van der Waals surface area contributed by atoms with Crippen LogP contribution in [0.25, 0.3) is 5.69 Å². The summed E-state index contributed by atoms with van der Waals surface area (Å²) in [6.07, 6.45) is 1.91. The van der Waals surface area contributed by atoms with Gasteiger partial charge in [-0.25, -0.2) is 4.68 Å². The van der Waals surface area contributed by atoms with E-state index >= 15 is 0 Å². The van der Waals surface area contributed by atoms with Gasteiger partial charge in [0.1, 0.15) is 0 Å². The molecule has 0 aliphatic carbocycles. The first kappa shape index (κ1) is 10.8. The van der Waals surface area contributed by atoms with Crippen LogP contribution in [0.4, 0.5) is 0 Å². The number of hydrogen-bond acceptors (Lipinski definition) is 2. The molecule has 15 heavy (non-hydrogen) atoms. The van der Waals surface area contributed by atoms with E-state index in [1.54, 1.807) is 4.68 Å². The molecule has 0 fully saturated rings. The maximum absolute atomic E-state index is 4.04. The summed E-state index contributed by atoms with van der Waals surface area (Å²) in [4.78, 5) is 0. The minimum absolute atomic E-state index is 0.722. The van der Waals surface area contributed by atoms with E-state index in [4.69, 9.17) is 0 Å². The third-order valence-corrected chi connectivity index (χ3v) is 3.53. The Morgan fingerprint density at radius 1 is 1.40 bits per heavy atom. The molecule has 78 valence electrons. The number of aromatic nitrogens is 3. The quantitative estimate of drug-likeness (QED) is 0.791. The Balaban J connectivity index is 2.40. The molecule has 2 aromatic rings. The van der Waals surface area contributed by atoms with Crippen LogP contribution in [0, 0.1) is 6.92 Å². The number of benzene rings is 1. The Morgan fingerprint density at radius 2 is 2.20 bits per heavy atom. The summed E-state index contributed by atoms with van der Waals surface area (Å²) in [6.45, 7) is 2.05. The van der Waals surface area contributed by atoms with Gasteiger partial charge < -0.3 is 0 Å². The second-order valence-electron chi connectivity index (χ2n) is 3.22. The summed E-state index contributed by atoms with van der Waals surface area (Å²) < 4.78 is 2.84. The van der Waals surface area contributed by atoms with Gasteiger partial charge in [0.05, 0.1) is 17.6 Å². The minimum Gasteiger partial charge on any atom is -0.220 e. The highest BCUT2D eigenvalue weighted by Gasteiger charge is 2.03. The number of halogens is 2. The van der Waals surface area contributed by atoms with E-state index in [9.17, 15) is 0 Å². The molecule has 0 radical (unpaired) electrons. The van der Waals surface area contributed by atoms with Crippen molar-refractivity contribution in [2.45, 2.75) is 12.3 Å². The highest BCUT2D eigenvalue weighted by Crippen LogP contribution is 2.19. The first-order chi connectivity index (χ1) is 7.20. The van der Waals surface area contributed by atoms with Crippen molar-refractivity contribution in [2.75, 3.05) is 0 Å². The minimum atomic E-state index is 0.722. The molecular formula is C10H9Br2N3. The molecule has 0 atom stereocenters. The second-order valence-corrected chi connectivity index (χ2v) is 4.64. The number of nitrogens with zero attached hydrogens (tertiary/aromatic N) is 3. The van der Waals surface area contributed by atoms with Crippen LogP contribution in [0.3, 0.4) is 0 Å². The van der Waals surface area contributed by atoms with Crippen LogP contribution in [0.1, 0.15) is 11.3 Å². The van der Waals surface area contributed by atoms with Crippen molar-refractivity contribution in [3.8, 4) is 5.69 Å². The molecule has 0 aliphatic heterocycles. The lowest BCUT2D eigenvalue weighted by molar-refractivity contribution is 0.800. The van der Waals surface area contributed by atoms with Crippen molar-refractivity contribution in [3.05, 3.63) is 40.1 Å². The average Bonchev–Trinajstić information content (AvgIpc) is 2.70. The van der Waals surface area contributed by atoms with E-state index in [2.05, 4.69) is 55.2 Å². The summed E-state index contributed by atoms with van der Waals surface area (Å²) in [5, 5.41) is 8.78. The highest BCUT2D eigenvalue weighted by molar-refractivity contribution is 9.10. The fraction of sp³-hybridized carbons (Fsp3) is 0.200. The molecule has 0 unspecified atom stereocenters. The lowest BCUT2D eigenvalue weighted by atomic mass is 10.2. The Bertz CT molecular complexity index is 479. The van der Waals surface area contributed by atoms with Gasteiger partial charge in [-0.3, -0.25) is 0 Å². The zero-order chi connectivity index (χ0) is 10.8. The molecule has 5 heteroatoms. The topological polar surface area (TPSA) is 30.7 Å². The molecular weight excluding hydrogens is 322 g/mol. The molecule has 0 saturated heterocycles. The summed E-state index contributed by atoms with van der Waals surface area (Å²) in [7, 11) is 0. The molecule has 0 spiro atoms. The molecule has 1 aromatic carbocycles. The first-order valence-corrected chi connectivity index (χ1v) is 6.36. The molecule has 0 N–H and O–H groups in total. The van der Waals surface area contributed by atoms with Crippen molar-refractivity contribution in [3.63, 3.8) is 0 Å². The van der Waals surface area contributed by atoms with Crippen molar-refractivity contribution in [1.29, 1.82) is 0 Å². The van der Waals surface area contributed by atoms with Gasteiger partial charge in [-0.15, -0.1) is 5.10 Å². The van der Waals surface area contributed by atoms with Crippen molar-refractivity contribution >= 4 is 31.9 Å². The molecule has 0 aliphatic rings. The molecule has 2 rings (SSSR count). The Labute approximate surface area is 105 Å². The fourth-order valence-corrected chi connectivity index (χ4v) is 1.83. The van der Waals surface area contributed by atoms with Gasteiger partial charge >= 0.3 is 0 Å². The van der Waals surface area contributed by atoms with Crippen molar-refractivity contribution < 1.29 is 0 Å². The maximum Gasteiger partial charge on any atom is 0.0937 e. The molecule has 0 amide bonds. The largest absolute Gasteiger partial charge is 0.220 e. The number of rotatable bonds is 2. The van der Waals surface area contributed by atoms with Crippen LogP contribution in [-0.4, -0.2) is 15.0 Å². The monoisotopic (exact) mass is 329 g/mol. The predicted molar refractivity (Wildman–Crippen MR) is 66.4 cm³/mol. The van der Waals surface area contributed by atoms with E-state index in [1.165, 1.54) is 5.56 Å². The summed E-state index contributed by atoms with van der Waals surface area (Å²) in [5.74, 6) is 0. The Morgan fingerprint density at radius 3 is 2.80 bits per heavy atom. The van der Waals surface area contributed by atoms with E-state index in [0.29, 0.717) is 0 Å². The normalized spacial score (nSPS) is 10.6. The fourth-order valence-electron chi connectivity index (χ4n) is 1.21. The van der Waals surface area contributed by atoms with Gasteiger partial charge in [0.15, 0.2) is 0 Å². The highest BCUT2D eigenvalue weighted by atomic mass is 79.9. The van der Waals surface area contributed by atoms with Crippen LogP contribution >= 0.6 is 31.9 Å². The number of alkyl halides is 1. The summed E-state index contributed by atoms with van der Waals surface area (Å²) >= 11 is 6.84. The van der Waals surface area contributed by atoms with Gasteiger partial charge in [-0.1, -0.05) is 43.1 Å². The summed E-state index contributed by atoms with van der Waals surface area (Å²) in [6, 6.07) is 6.10. The molecule has 1 heterocycles. The van der Waals surface area contributed by atoms with Crippen LogP contribution in [0.2, 0.25) is 0 Å². The predicted octanol–water partition coefficient (Wildman–Crippen LogP) is 3.23. The molecule has 1 aromatic heterocycles. The van der Waals surface area contributed by atoms with Crippen molar-refractivity contribution in [2.24, 2.45) is 0 Å². The lowest BCUT2D eigenvalue weighted by Gasteiger charge is -2.02. The van der Waals surface area contributed by atoms with Gasteiger partial charge in [0.25, 0.3) is 0 Å². The maximum atomic E-state index is 4.04. The third kappa shape index (κ3) is 2.29. The Hall–Kier alpha value is -0.680. The van der Waals surface area contributed by atoms with E-state index in [1.807, 2.05) is 18.3 Å². The zero-order valence-corrected chi connectivity index (χ0v) is 11.3. The molecule has 0 saturated carbocycles. The van der Waals surface area contributed by atoms with E-state index in [-0.39, 0.29) is 0 Å². The standard InChI is InChI=1S/C10H9Br2N3/c1-7-2-3-9(4-10(7)12)15-6-8(5-11)13-14-15/h2-4,6H,5H2,1H3.